The Hall–Kier alpha value is -2.49. The van der Waals surface area contributed by atoms with Crippen molar-refractivity contribution >= 4 is 65.9 Å². The molecule has 4 aromatic rings. The van der Waals surface area contributed by atoms with E-state index in [1.54, 1.807) is 30.9 Å². The van der Waals surface area contributed by atoms with Crippen molar-refractivity contribution in [1.29, 1.82) is 0 Å². The van der Waals surface area contributed by atoms with E-state index in [-0.39, 0.29) is 9.38 Å². The standard InChI is InChI=1S/C19H16N2O4S3/c1-24-17-10-13-12-6-3-4-7-15(12)25-16(13)11-14(17)20-19(26-2)21-28(22,23)18-8-5-9-27-18/h3-11H,1-2H3,(H,20,21). The highest BCUT2D eigenvalue weighted by Gasteiger charge is 2.17. The van der Waals surface area contributed by atoms with Gasteiger partial charge in [0.1, 0.15) is 21.1 Å². The second-order valence-electron chi connectivity index (χ2n) is 5.78. The molecule has 0 spiro atoms. The number of hydrogen-bond acceptors (Lipinski definition) is 6. The van der Waals surface area contributed by atoms with Gasteiger partial charge in [0.2, 0.25) is 0 Å². The fourth-order valence-corrected chi connectivity index (χ4v) is 5.43. The third-order valence-corrected chi connectivity index (χ3v) is 7.43. The van der Waals surface area contributed by atoms with Gasteiger partial charge in [-0.25, -0.2) is 0 Å². The summed E-state index contributed by atoms with van der Waals surface area (Å²) in [5.41, 5.74) is 2.02. The number of methoxy groups -OCH3 is 1. The summed E-state index contributed by atoms with van der Waals surface area (Å²) in [7, 11) is -2.21. The van der Waals surface area contributed by atoms with Crippen LogP contribution in [0.3, 0.4) is 0 Å². The van der Waals surface area contributed by atoms with Crippen LogP contribution < -0.4 is 10.1 Å². The molecule has 0 saturated heterocycles. The maximum atomic E-state index is 12.5. The maximum absolute atomic E-state index is 12.5. The fraction of sp³-hybridized carbons (Fsp3) is 0.105. The van der Waals surface area contributed by atoms with E-state index in [0.717, 1.165) is 27.7 Å². The molecule has 0 saturated carbocycles. The molecule has 0 aliphatic heterocycles. The van der Waals surface area contributed by atoms with Crippen LogP contribution in [0.5, 0.6) is 5.75 Å². The molecule has 6 nitrogen and oxygen atoms in total. The number of anilines is 1. The normalized spacial score (nSPS) is 12.6. The van der Waals surface area contributed by atoms with Crippen LogP contribution in [0.2, 0.25) is 0 Å². The Balaban J connectivity index is 1.77. The molecule has 2 aromatic carbocycles. The Morgan fingerprint density at radius 1 is 1.14 bits per heavy atom. The number of furan rings is 1. The van der Waals surface area contributed by atoms with E-state index in [9.17, 15) is 8.42 Å². The zero-order valence-electron chi connectivity index (χ0n) is 15.0. The van der Waals surface area contributed by atoms with Crippen molar-refractivity contribution in [2.75, 3.05) is 18.7 Å². The van der Waals surface area contributed by atoms with Gasteiger partial charge in [-0.05, 0) is 29.8 Å². The lowest BCUT2D eigenvalue weighted by molar-refractivity contribution is 0.417. The molecule has 0 atom stereocenters. The fourth-order valence-electron chi connectivity index (χ4n) is 2.81. The van der Waals surface area contributed by atoms with Crippen molar-refractivity contribution < 1.29 is 17.6 Å². The molecule has 0 amide bonds. The van der Waals surface area contributed by atoms with E-state index in [4.69, 9.17) is 9.15 Å². The molecule has 0 unspecified atom stereocenters. The Labute approximate surface area is 170 Å². The number of sulfonamides is 1. The van der Waals surface area contributed by atoms with Crippen molar-refractivity contribution in [1.82, 2.24) is 0 Å². The number of nitrogens with one attached hydrogen (secondary N) is 1. The first-order chi connectivity index (χ1) is 13.5. The summed E-state index contributed by atoms with van der Waals surface area (Å²) in [6.45, 7) is 0. The lowest BCUT2D eigenvalue weighted by Crippen LogP contribution is -2.11. The molecule has 0 aliphatic carbocycles. The first-order valence-electron chi connectivity index (χ1n) is 8.20. The number of nitrogens with zero attached hydrogens (tertiary/aromatic N) is 1. The Morgan fingerprint density at radius 3 is 2.68 bits per heavy atom. The first-order valence-corrected chi connectivity index (χ1v) is 11.7. The minimum atomic E-state index is -3.77. The van der Waals surface area contributed by atoms with Crippen LogP contribution in [-0.2, 0) is 10.0 Å². The highest BCUT2D eigenvalue weighted by atomic mass is 32.2. The minimum absolute atomic E-state index is 0.195. The van der Waals surface area contributed by atoms with Crippen LogP contribution in [-0.4, -0.2) is 27.0 Å². The number of fused-ring (bicyclic) bond motifs is 3. The van der Waals surface area contributed by atoms with Crippen molar-refractivity contribution in [2.24, 2.45) is 4.40 Å². The Morgan fingerprint density at radius 2 is 1.96 bits per heavy atom. The monoisotopic (exact) mass is 432 g/mol. The molecular formula is C19H16N2O4S3. The van der Waals surface area contributed by atoms with Crippen LogP contribution in [0.15, 0.2) is 66.9 Å². The average molecular weight is 433 g/mol. The number of thioether (sulfide) groups is 1. The van der Waals surface area contributed by atoms with E-state index < -0.39 is 10.0 Å². The molecular weight excluding hydrogens is 416 g/mol. The van der Waals surface area contributed by atoms with Gasteiger partial charge in [0.25, 0.3) is 10.0 Å². The van der Waals surface area contributed by atoms with Gasteiger partial charge in [-0.3, -0.25) is 0 Å². The lowest BCUT2D eigenvalue weighted by atomic mass is 10.1. The minimum Gasteiger partial charge on any atom is -0.495 e. The molecule has 4 rings (SSSR count). The van der Waals surface area contributed by atoms with Crippen LogP contribution in [0.4, 0.5) is 5.69 Å². The molecule has 0 bridgehead atoms. The second kappa shape index (κ2) is 7.50. The summed E-state index contributed by atoms with van der Waals surface area (Å²) in [5, 5.41) is 6.91. The van der Waals surface area contributed by atoms with Crippen LogP contribution >= 0.6 is 23.1 Å². The van der Waals surface area contributed by atoms with Crippen LogP contribution in [0.1, 0.15) is 0 Å². The molecule has 0 aliphatic rings. The van der Waals surface area contributed by atoms with Crippen molar-refractivity contribution in [3.05, 3.63) is 53.9 Å². The molecule has 1 N–H and O–H groups in total. The van der Waals surface area contributed by atoms with Crippen molar-refractivity contribution in [3.8, 4) is 5.75 Å². The van der Waals surface area contributed by atoms with Crippen LogP contribution in [0, 0.1) is 0 Å². The van der Waals surface area contributed by atoms with E-state index >= 15 is 0 Å². The van der Waals surface area contributed by atoms with Crippen molar-refractivity contribution in [2.45, 2.75) is 4.21 Å². The number of rotatable bonds is 4. The number of para-hydroxylation sites is 1. The summed E-state index contributed by atoms with van der Waals surface area (Å²) in [6.07, 6.45) is 1.75. The van der Waals surface area contributed by atoms with Crippen molar-refractivity contribution in [3.63, 3.8) is 0 Å². The summed E-state index contributed by atoms with van der Waals surface area (Å²) >= 11 is 2.33. The molecule has 0 fully saturated rings. The summed E-state index contributed by atoms with van der Waals surface area (Å²) < 4.78 is 40.4. The zero-order valence-corrected chi connectivity index (χ0v) is 17.5. The zero-order chi connectivity index (χ0) is 19.7. The van der Waals surface area contributed by atoms with Gasteiger partial charge < -0.3 is 14.5 Å². The average Bonchev–Trinajstić information content (AvgIpc) is 3.34. The highest BCUT2D eigenvalue weighted by Crippen LogP contribution is 2.36. The predicted octanol–water partition coefficient (Wildman–Crippen LogP) is 5.18. The van der Waals surface area contributed by atoms with Gasteiger partial charge in [-0.1, -0.05) is 36.0 Å². The third-order valence-electron chi connectivity index (χ3n) is 4.09. The van der Waals surface area contributed by atoms with Gasteiger partial charge in [-0.15, -0.1) is 15.7 Å². The van der Waals surface area contributed by atoms with Gasteiger partial charge in [-0.2, -0.15) is 8.42 Å². The number of hydrogen-bond donors (Lipinski definition) is 1. The molecule has 28 heavy (non-hydrogen) atoms. The SMILES string of the molecule is COc1cc2c(cc1N/C(=N/S(=O)(=O)c1cccs1)SC)oc1ccccc12. The number of thiophene rings is 1. The van der Waals surface area contributed by atoms with Gasteiger partial charge in [0.15, 0.2) is 5.17 Å². The summed E-state index contributed by atoms with van der Waals surface area (Å²) in [5.74, 6) is 0.564. The van der Waals surface area contributed by atoms with E-state index in [0.29, 0.717) is 17.0 Å². The lowest BCUT2D eigenvalue weighted by Gasteiger charge is -2.11. The maximum Gasteiger partial charge on any atom is 0.294 e. The smallest absolute Gasteiger partial charge is 0.294 e. The molecule has 144 valence electrons. The van der Waals surface area contributed by atoms with Gasteiger partial charge >= 0.3 is 0 Å². The molecule has 0 radical (unpaired) electrons. The highest BCUT2D eigenvalue weighted by molar-refractivity contribution is 8.14. The number of amidine groups is 1. The number of ether oxygens (including phenoxy) is 1. The quantitative estimate of drug-likeness (QED) is 0.354. The summed E-state index contributed by atoms with van der Waals surface area (Å²) in [4.78, 5) is 0. The second-order valence-corrected chi connectivity index (χ2v) is 9.35. The topological polar surface area (TPSA) is 80.9 Å². The van der Waals surface area contributed by atoms with Gasteiger partial charge in [0, 0.05) is 16.8 Å². The molecule has 2 aromatic heterocycles. The number of benzene rings is 2. The van der Waals surface area contributed by atoms with E-state index in [2.05, 4.69) is 9.71 Å². The Kier molecular flexibility index (Phi) is 5.05. The van der Waals surface area contributed by atoms with Gasteiger partial charge in [0.05, 0.1) is 12.8 Å². The van der Waals surface area contributed by atoms with Crippen LogP contribution in [0.25, 0.3) is 21.9 Å². The van der Waals surface area contributed by atoms with E-state index in [1.807, 2.05) is 30.3 Å². The third kappa shape index (κ3) is 3.48. The summed E-state index contributed by atoms with van der Waals surface area (Å²) in [6, 6.07) is 14.6. The largest absolute Gasteiger partial charge is 0.495 e. The Bertz CT molecular complexity index is 1280. The molecule has 2 heterocycles. The predicted molar refractivity (Wildman–Crippen MR) is 116 cm³/mol. The first kappa shape index (κ1) is 18.9. The van der Waals surface area contributed by atoms with E-state index in [1.165, 1.54) is 17.8 Å². The molecule has 9 heteroatoms.